The van der Waals surface area contributed by atoms with Gasteiger partial charge in [0.25, 0.3) is 10.0 Å². The van der Waals surface area contributed by atoms with Crippen LogP contribution in [-0.4, -0.2) is 50.8 Å². The summed E-state index contributed by atoms with van der Waals surface area (Å²) in [6.07, 6.45) is 0.938. The zero-order chi connectivity index (χ0) is 30.2. The van der Waals surface area contributed by atoms with Crippen molar-refractivity contribution in [1.29, 1.82) is 0 Å². The van der Waals surface area contributed by atoms with Crippen molar-refractivity contribution < 1.29 is 18.0 Å². The molecule has 1 atom stereocenters. The maximum Gasteiger partial charge on any atom is 0.264 e. The van der Waals surface area contributed by atoms with Gasteiger partial charge >= 0.3 is 0 Å². The average Bonchev–Trinajstić information content (AvgIpc) is 2.94. The van der Waals surface area contributed by atoms with E-state index in [0.29, 0.717) is 25.1 Å². The van der Waals surface area contributed by atoms with Crippen molar-refractivity contribution in [2.45, 2.75) is 65.3 Å². The van der Waals surface area contributed by atoms with E-state index < -0.39 is 28.5 Å². The smallest absolute Gasteiger partial charge is 0.264 e. The number of sulfonamides is 1. The molecule has 3 aromatic rings. The quantitative estimate of drug-likeness (QED) is 0.294. The first-order valence-corrected chi connectivity index (χ1v) is 15.7. The maximum atomic E-state index is 14.1. The SMILES string of the molecule is CCC(C(=O)NCC(C)C)N(CCc1ccccc1)C(=O)CN(c1ccc(C)c(C)c1)S(=O)(=O)c1ccc(C)cc1. The lowest BCUT2D eigenvalue weighted by Crippen LogP contribution is -2.53. The fraction of sp³-hybridized carbons (Fsp3) is 0.394. The van der Waals surface area contributed by atoms with Gasteiger partial charge < -0.3 is 10.2 Å². The van der Waals surface area contributed by atoms with Gasteiger partial charge in [-0.3, -0.25) is 13.9 Å². The van der Waals surface area contributed by atoms with Crippen molar-refractivity contribution in [2.75, 3.05) is 23.9 Å². The molecule has 0 bridgehead atoms. The molecule has 2 amide bonds. The van der Waals surface area contributed by atoms with Crippen LogP contribution in [0.25, 0.3) is 0 Å². The Morgan fingerprint density at radius 1 is 0.878 bits per heavy atom. The third kappa shape index (κ3) is 8.43. The minimum Gasteiger partial charge on any atom is -0.354 e. The van der Waals surface area contributed by atoms with Crippen LogP contribution in [0, 0.1) is 26.7 Å². The number of aryl methyl sites for hydroxylation is 3. The third-order valence-electron chi connectivity index (χ3n) is 7.22. The van der Waals surface area contributed by atoms with Gasteiger partial charge in [0.05, 0.1) is 10.6 Å². The van der Waals surface area contributed by atoms with Crippen molar-refractivity contribution in [1.82, 2.24) is 10.2 Å². The van der Waals surface area contributed by atoms with Gasteiger partial charge in [-0.05, 0) is 80.5 Å². The highest BCUT2D eigenvalue weighted by Crippen LogP contribution is 2.27. The summed E-state index contributed by atoms with van der Waals surface area (Å²) in [4.78, 5) is 29.0. The molecule has 3 aromatic carbocycles. The minimum atomic E-state index is -4.09. The average molecular weight is 578 g/mol. The van der Waals surface area contributed by atoms with Crippen LogP contribution in [0.3, 0.4) is 0 Å². The normalized spacial score (nSPS) is 12.2. The standard InChI is InChI=1S/C33H43N3O4S/c1-7-31(33(38)34-22-24(2)3)35(20-19-28-11-9-8-10-12-28)32(37)23-36(29-16-15-26(5)27(6)21-29)41(39,40)30-17-13-25(4)14-18-30/h8-18,21,24,31H,7,19-20,22-23H2,1-6H3,(H,34,38). The predicted octanol–water partition coefficient (Wildman–Crippen LogP) is 5.43. The Balaban J connectivity index is 2.02. The monoisotopic (exact) mass is 577 g/mol. The molecule has 0 saturated heterocycles. The van der Waals surface area contributed by atoms with Gasteiger partial charge in [-0.25, -0.2) is 8.42 Å². The van der Waals surface area contributed by atoms with Gasteiger partial charge in [0.1, 0.15) is 12.6 Å². The molecule has 0 aliphatic carbocycles. The van der Waals surface area contributed by atoms with Crippen molar-refractivity contribution in [2.24, 2.45) is 5.92 Å². The number of carbonyl (C=O) groups excluding carboxylic acids is 2. The summed E-state index contributed by atoms with van der Waals surface area (Å²) in [6.45, 7) is 12.0. The fourth-order valence-electron chi connectivity index (χ4n) is 4.57. The number of benzene rings is 3. The molecule has 8 heteroatoms. The van der Waals surface area contributed by atoms with Crippen molar-refractivity contribution in [3.63, 3.8) is 0 Å². The Morgan fingerprint density at radius 3 is 2.12 bits per heavy atom. The molecular formula is C33H43N3O4S. The number of nitrogens with zero attached hydrogens (tertiary/aromatic N) is 2. The molecule has 0 spiro atoms. The van der Waals surface area contributed by atoms with Gasteiger partial charge in [0.15, 0.2) is 0 Å². The lowest BCUT2D eigenvalue weighted by molar-refractivity contribution is -0.139. The Hall–Kier alpha value is -3.65. The molecule has 1 N–H and O–H groups in total. The lowest BCUT2D eigenvalue weighted by atomic mass is 10.1. The van der Waals surface area contributed by atoms with Gasteiger partial charge in [-0.15, -0.1) is 0 Å². The predicted molar refractivity (Wildman–Crippen MR) is 165 cm³/mol. The Labute approximate surface area is 245 Å². The van der Waals surface area contributed by atoms with E-state index in [4.69, 9.17) is 0 Å². The van der Waals surface area contributed by atoms with Gasteiger partial charge in [-0.1, -0.05) is 74.9 Å². The molecule has 0 aliphatic rings. The zero-order valence-electron chi connectivity index (χ0n) is 25.1. The molecule has 0 radical (unpaired) electrons. The molecule has 220 valence electrons. The molecular weight excluding hydrogens is 534 g/mol. The molecule has 7 nitrogen and oxygen atoms in total. The number of hydrogen-bond acceptors (Lipinski definition) is 4. The van der Waals surface area contributed by atoms with Crippen LogP contribution in [0.4, 0.5) is 5.69 Å². The second kappa shape index (κ2) is 14.3. The fourth-order valence-corrected chi connectivity index (χ4v) is 5.97. The van der Waals surface area contributed by atoms with Gasteiger partial charge in [0, 0.05) is 13.1 Å². The highest BCUT2D eigenvalue weighted by molar-refractivity contribution is 7.92. The topological polar surface area (TPSA) is 86.8 Å². The molecule has 41 heavy (non-hydrogen) atoms. The Morgan fingerprint density at radius 2 is 1.54 bits per heavy atom. The summed E-state index contributed by atoms with van der Waals surface area (Å²) in [5.74, 6) is -0.409. The summed E-state index contributed by atoms with van der Waals surface area (Å²) in [6, 6.07) is 21.0. The summed E-state index contributed by atoms with van der Waals surface area (Å²) in [7, 11) is -4.09. The Kier molecular flexibility index (Phi) is 11.1. The lowest BCUT2D eigenvalue weighted by Gasteiger charge is -2.33. The van der Waals surface area contributed by atoms with Crippen LogP contribution >= 0.6 is 0 Å². The highest BCUT2D eigenvalue weighted by Gasteiger charge is 2.33. The summed E-state index contributed by atoms with van der Waals surface area (Å²) in [5.41, 5.74) is 4.30. The Bertz CT molecular complexity index is 1420. The van der Waals surface area contributed by atoms with Gasteiger partial charge in [0.2, 0.25) is 11.8 Å². The largest absolute Gasteiger partial charge is 0.354 e. The third-order valence-corrected chi connectivity index (χ3v) is 9.01. The molecule has 0 saturated carbocycles. The zero-order valence-corrected chi connectivity index (χ0v) is 25.9. The summed E-state index contributed by atoms with van der Waals surface area (Å²) in [5, 5.41) is 2.96. The number of carbonyl (C=O) groups is 2. The number of hydrogen-bond donors (Lipinski definition) is 1. The second-order valence-electron chi connectivity index (χ2n) is 11.0. The molecule has 0 heterocycles. The van der Waals surface area contributed by atoms with E-state index in [2.05, 4.69) is 5.32 Å². The van der Waals surface area contributed by atoms with Crippen LogP contribution in [-0.2, 0) is 26.0 Å². The molecule has 0 aromatic heterocycles. The van der Waals surface area contributed by atoms with Crippen LogP contribution in [0.1, 0.15) is 49.4 Å². The maximum absolute atomic E-state index is 14.1. The summed E-state index contributed by atoms with van der Waals surface area (Å²) < 4.78 is 29.2. The number of amides is 2. The number of nitrogens with one attached hydrogen (secondary N) is 1. The van der Waals surface area contributed by atoms with Crippen LogP contribution < -0.4 is 9.62 Å². The van der Waals surface area contributed by atoms with Crippen LogP contribution in [0.2, 0.25) is 0 Å². The molecule has 3 rings (SSSR count). The van der Waals surface area contributed by atoms with E-state index in [-0.39, 0.29) is 23.3 Å². The van der Waals surface area contributed by atoms with E-state index in [9.17, 15) is 18.0 Å². The van der Waals surface area contributed by atoms with E-state index in [0.717, 1.165) is 22.3 Å². The second-order valence-corrected chi connectivity index (χ2v) is 12.8. The van der Waals surface area contributed by atoms with E-state index in [1.807, 2.05) is 77.9 Å². The molecule has 0 fully saturated rings. The van der Waals surface area contributed by atoms with Gasteiger partial charge in [-0.2, -0.15) is 0 Å². The minimum absolute atomic E-state index is 0.103. The van der Waals surface area contributed by atoms with Crippen molar-refractivity contribution in [3.8, 4) is 0 Å². The van der Waals surface area contributed by atoms with E-state index >= 15 is 0 Å². The van der Waals surface area contributed by atoms with Crippen LogP contribution in [0.5, 0.6) is 0 Å². The first-order valence-electron chi connectivity index (χ1n) is 14.2. The van der Waals surface area contributed by atoms with Crippen molar-refractivity contribution >= 4 is 27.5 Å². The summed E-state index contributed by atoms with van der Waals surface area (Å²) >= 11 is 0. The molecule has 0 aliphatic heterocycles. The highest BCUT2D eigenvalue weighted by atomic mass is 32.2. The van der Waals surface area contributed by atoms with Crippen molar-refractivity contribution in [3.05, 3.63) is 95.1 Å². The van der Waals surface area contributed by atoms with E-state index in [1.165, 1.54) is 4.31 Å². The number of rotatable bonds is 13. The first kappa shape index (κ1) is 31.9. The van der Waals surface area contributed by atoms with E-state index in [1.54, 1.807) is 41.3 Å². The number of anilines is 1. The first-order chi connectivity index (χ1) is 19.4. The molecule has 1 unspecified atom stereocenters. The van der Waals surface area contributed by atoms with Crippen LogP contribution in [0.15, 0.2) is 77.7 Å².